The Morgan fingerprint density at radius 3 is 2.59 bits per heavy atom. The molecule has 1 amide bonds. The molecule has 1 atom stereocenters. The van der Waals surface area contributed by atoms with Crippen LogP contribution in [0.2, 0.25) is 0 Å². The number of likely N-dealkylation sites (tertiary alicyclic amines) is 1. The average molecular weight is 260 g/mol. The van der Waals surface area contributed by atoms with Gasteiger partial charge in [0.2, 0.25) is 0 Å². The van der Waals surface area contributed by atoms with Gasteiger partial charge in [0.25, 0.3) is 5.91 Å². The number of nitrogens with zero attached hydrogens (tertiary/aromatic N) is 1. The normalized spacial score (nSPS) is 19.7. The first-order chi connectivity index (χ1) is 8.13. The summed E-state index contributed by atoms with van der Waals surface area (Å²) in [5.74, 6) is -1.54. The summed E-state index contributed by atoms with van der Waals surface area (Å²) in [6, 6.07) is 3.42. The molecule has 0 aromatic heterocycles. The zero-order valence-corrected chi connectivity index (χ0v) is 9.88. The monoisotopic (exact) mass is 259 g/mol. The van der Waals surface area contributed by atoms with E-state index in [1.807, 2.05) is 0 Å². The molecule has 1 aliphatic rings. The molecule has 1 aromatic rings. The van der Waals surface area contributed by atoms with Gasteiger partial charge in [0.05, 0.1) is 0 Å². The Kier molecular flexibility index (Phi) is 3.62. The molecule has 1 aliphatic heterocycles. The molecule has 0 aliphatic carbocycles. The predicted molar refractivity (Wildman–Crippen MR) is 61.1 cm³/mol. The Balaban J connectivity index is 2.21. The van der Waals surface area contributed by atoms with Crippen LogP contribution in [0.25, 0.3) is 0 Å². The van der Waals surface area contributed by atoms with Gasteiger partial charge in [-0.3, -0.25) is 4.79 Å². The summed E-state index contributed by atoms with van der Waals surface area (Å²) in [4.78, 5) is 13.4. The van der Waals surface area contributed by atoms with Crippen molar-refractivity contribution in [2.24, 2.45) is 5.92 Å². The van der Waals surface area contributed by atoms with Gasteiger partial charge in [-0.25, -0.2) is 8.78 Å². The molecule has 1 saturated heterocycles. The largest absolute Gasteiger partial charge is 0.338 e. The summed E-state index contributed by atoms with van der Waals surface area (Å²) in [7, 11) is 0. The van der Waals surface area contributed by atoms with Crippen LogP contribution < -0.4 is 0 Å². The zero-order valence-electron chi connectivity index (χ0n) is 9.13. The molecule has 1 heterocycles. The van der Waals surface area contributed by atoms with Crippen LogP contribution in [0.4, 0.5) is 8.78 Å². The van der Waals surface area contributed by atoms with E-state index in [-0.39, 0.29) is 5.92 Å². The number of rotatable bonds is 2. The molecule has 1 fully saturated rings. The summed E-state index contributed by atoms with van der Waals surface area (Å²) >= 11 is 5.70. The summed E-state index contributed by atoms with van der Waals surface area (Å²) in [6.45, 7) is 0.972. The fourth-order valence-corrected chi connectivity index (χ4v) is 2.26. The van der Waals surface area contributed by atoms with Gasteiger partial charge in [0.15, 0.2) is 0 Å². The van der Waals surface area contributed by atoms with E-state index >= 15 is 0 Å². The molecule has 5 heteroatoms. The number of amides is 1. The van der Waals surface area contributed by atoms with Gasteiger partial charge < -0.3 is 4.90 Å². The van der Waals surface area contributed by atoms with Gasteiger partial charge >= 0.3 is 0 Å². The van der Waals surface area contributed by atoms with Gasteiger partial charge in [-0.2, -0.15) is 0 Å². The Morgan fingerprint density at radius 1 is 1.41 bits per heavy atom. The van der Waals surface area contributed by atoms with Crippen LogP contribution in [-0.2, 0) is 0 Å². The maximum absolute atomic E-state index is 13.4. The highest BCUT2D eigenvalue weighted by atomic mass is 35.5. The van der Waals surface area contributed by atoms with Crippen molar-refractivity contribution < 1.29 is 13.6 Å². The van der Waals surface area contributed by atoms with Crippen molar-refractivity contribution in [1.29, 1.82) is 0 Å². The van der Waals surface area contributed by atoms with Crippen LogP contribution >= 0.6 is 11.6 Å². The van der Waals surface area contributed by atoms with E-state index in [0.717, 1.165) is 18.6 Å². The van der Waals surface area contributed by atoms with Crippen LogP contribution in [0, 0.1) is 17.6 Å². The fourth-order valence-electron chi connectivity index (χ4n) is 2.00. The highest BCUT2D eigenvalue weighted by Crippen LogP contribution is 2.22. The minimum atomic E-state index is -0.815. The first-order valence-corrected chi connectivity index (χ1v) is 5.96. The number of halogens is 3. The minimum Gasteiger partial charge on any atom is -0.338 e. The third-order valence-electron chi connectivity index (χ3n) is 2.97. The van der Waals surface area contributed by atoms with Crippen molar-refractivity contribution >= 4 is 17.5 Å². The topological polar surface area (TPSA) is 20.3 Å². The van der Waals surface area contributed by atoms with Gasteiger partial charge in [-0.1, -0.05) is 6.07 Å². The van der Waals surface area contributed by atoms with E-state index in [4.69, 9.17) is 11.6 Å². The standard InChI is InChI=1S/C12H12ClF2NO/c13-6-8-4-5-16(7-8)12(17)11-9(14)2-1-3-10(11)15/h1-3,8H,4-7H2. The van der Waals surface area contributed by atoms with Gasteiger partial charge in [-0.15, -0.1) is 11.6 Å². The summed E-state index contributed by atoms with van der Waals surface area (Å²) in [6.07, 6.45) is 0.783. The van der Waals surface area contributed by atoms with E-state index in [9.17, 15) is 13.6 Å². The lowest BCUT2D eigenvalue weighted by Gasteiger charge is -2.16. The molecule has 2 rings (SSSR count). The molecular weight excluding hydrogens is 248 g/mol. The quantitative estimate of drug-likeness (QED) is 0.748. The van der Waals surface area contributed by atoms with Crippen molar-refractivity contribution in [2.45, 2.75) is 6.42 Å². The predicted octanol–water partition coefficient (Wildman–Crippen LogP) is 2.67. The Hall–Kier alpha value is -1.16. The number of alkyl halides is 1. The molecular formula is C12H12ClF2NO. The van der Waals surface area contributed by atoms with Gasteiger partial charge in [0.1, 0.15) is 17.2 Å². The third kappa shape index (κ3) is 2.41. The highest BCUT2D eigenvalue weighted by Gasteiger charge is 2.29. The Morgan fingerprint density at radius 2 is 2.06 bits per heavy atom. The Bertz CT molecular complexity index is 418. The molecule has 17 heavy (non-hydrogen) atoms. The third-order valence-corrected chi connectivity index (χ3v) is 3.40. The number of benzene rings is 1. The van der Waals surface area contributed by atoms with Crippen LogP contribution in [0.15, 0.2) is 18.2 Å². The zero-order chi connectivity index (χ0) is 12.4. The highest BCUT2D eigenvalue weighted by molar-refractivity contribution is 6.18. The van der Waals surface area contributed by atoms with Crippen molar-refractivity contribution in [3.05, 3.63) is 35.4 Å². The second kappa shape index (κ2) is 5.00. The van der Waals surface area contributed by atoms with Crippen molar-refractivity contribution in [1.82, 2.24) is 4.90 Å². The average Bonchev–Trinajstić information content (AvgIpc) is 2.77. The molecule has 1 unspecified atom stereocenters. The van der Waals surface area contributed by atoms with Gasteiger partial charge in [-0.05, 0) is 24.5 Å². The second-order valence-corrected chi connectivity index (χ2v) is 4.47. The molecule has 1 aromatic carbocycles. The van der Waals surface area contributed by atoms with E-state index in [0.29, 0.717) is 19.0 Å². The van der Waals surface area contributed by atoms with Crippen LogP contribution in [0.1, 0.15) is 16.8 Å². The van der Waals surface area contributed by atoms with E-state index in [2.05, 4.69) is 0 Å². The summed E-state index contributed by atoms with van der Waals surface area (Å²) in [5, 5.41) is 0. The number of carbonyl (C=O) groups excluding carboxylic acids is 1. The molecule has 2 nitrogen and oxygen atoms in total. The fraction of sp³-hybridized carbons (Fsp3) is 0.417. The molecule has 0 bridgehead atoms. The molecule has 0 N–H and O–H groups in total. The van der Waals surface area contributed by atoms with Crippen LogP contribution in [0.5, 0.6) is 0 Å². The SMILES string of the molecule is O=C(c1c(F)cccc1F)N1CCC(CCl)C1. The number of hydrogen-bond donors (Lipinski definition) is 0. The maximum Gasteiger partial charge on any atom is 0.259 e. The molecule has 92 valence electrons. The lowest BCUT2D eigenvalue weighted by molar-refractivity contribution is 0.0778. The Labute approximate surface area is 103 Å². The van der Waals surface area contributed by atoms with E-state index < -0.39 is 23.1 Å². The smallest absolute Gasteiger partial charge is 0.259 e. The number of hydrogen-bond acceptors (Lipinski definition) is 1. The maximum atomic E-state index is 13.4. The van der Waals surface area contributed by atoms with Crippen molar-refractivity contribution in [3.8, 4) is 0 Å². The van der Waals surface area contributed by atoms with E-state index in [1.165, 1.54) is 11.0 Å². The first-order valence-electron chi connectivity index (χ1n) is 5.42. The summed E-state index contributed by atoms with van der Waals surface area (Å²) < 4.78 is 26.8. The van der Waals surface area contributed by atoms with Crippen molar-refractivity contribution in [3.63, 3.8) is 0 Å². The van der Waals surface area contributed by atoms with Crippen LogP contribution in [-0.4, -0.2) is 29.8 Å². The molecule has 0 radical (unpaired) electrons. The minimum absolute atomic E-state index is 0.218. The number of carbonyl (C=O) groups is 1. The lowest BCUT2D eigenvalue weighted by atomic mass is 10.1. The lowest BCUT2D eigenvalue weighted by Crippen LogP contribution is -2.30. The van der Waals surface area contributed by atoms with Crippen molar-refractivity contribution in [2.75, 3.05) is 19.0 Å². The second-order valence-electron chi connectivity index (χ2n) is 4.16. The molecule has 0 saturated carbocycles. The van der Waals surface area contributed by atoms with Crippen LogP contribution in [0.3, 0.4) is 0 Å². The summed E-state index contributed by atoms with van der Waals surface area (Å²) in [5.41, 5.74) is -0.470. The van der Waals surface area contributed by atoms with E-state index in [1.54, 1.807) is 0 Å². The first kappa shape index (κ1) is 12.3. The molecule has 0 spiro atoms. The van der Waals surface area contributed by atoms with Gasteiger partial charge in [0, 0.05) is 19.0 Å².